The summed E-state index contributed by atoms with van der Waals surface area (Å²) in [5.74, 6) is -2.15. The molecular weight excluding hydrogens is 260 g/mol. The maximum Gasteiger partial charge on any atom is 0.196 e. The van der Waals surface area contributed by atoms with Crippen molar-refractivity contribution in [1.82, 2.24) is 0 Å². The van der Waals surface area contributed by atoms with Crippen molar-refractivity contribution in [3.63, 3.8) is 0 Å². The van der Waals surface area contributed by atoms with Crippen LogP contribution in [0.15, 0.2) is 41.2 Å². The summed E-state index contributed by atoms with van der Waals surface area (Å²) in [5, 5.41) is 29.7. The number of aliphatic hydroxyl groups excluding tert-OH is 2. The number of phenolic OH excluding ortho intramolecular Hbond substituents is 1. The Hall–Kier alpha value is -2.40. The molecule has 2 aliphatic rings. The number of hydrogen-bond acceptors (Lipinski definition) is 5. The van der Waals surface area contributed by atoms with Crippen LogP contribution >= 0.6 is 0 Å². The fraction of sp³-hybridized carbons (Fsp3) is 0.200. The first-order valence-electron chi connectivity index (χ1n) is 6.17. The SMILES string of the molecule is C[C@H]1C(O)=CC2=C(C(=O)c3c(O)cccc3C2=O)[C@@H]1O. The molecule has 2 aliphatic carbocycles. The molecule has 0 saturated carbocycles. The van der Waals surface area contributed by atoms with Crippen molar-refractivity contribution < 1.29 is 24.9 Å². The number of fused-ring (bicyclic) bond motifs is 1. The lowest BCUT2D eigenvalue weighted by Crippen LogP contribution is -2.35. The number of aromatic hydroxyl groups is 1. The Morgan fingerprint density at radius 3 is 2.50 bits per heavy atom. The molecule has 0 spiro atoms. The predicted octanol–water partition coefficient (Wildman–Crippen LogP) is 1.52. The first-order chi connectivity index (χ1) is 9.43. The summed E-state index contributed by atoms with van der Waals surface area (Å²) in [6.07, 6.45) is -0.0425. The lowest BCUT2D eigenvalue weighted by molar-refractivity contribution is 0.0876. The van der Waals surface area contributed by atoms with Gasteiger partial charge in [0.25, 0.3) is 0 Å². The van der Waals surface area contributed by atoms with E-state index in [2.05, 4.69) is 0 Å². The van der Waals surface area contributed by atoms with Crippen molar-refractivity contribution in [3.05, 3.63) is 52.3 Å². The molecule has 3 N–H and O–H groups in total. The van der Waals surface area contributed by atoms with E-state index in [4.69, 9.17) is 0 Å². The number of hydrogen-bond donors (Lipinski definition) is 3. The van der Waals surface area contributed by atoms with E-state index in [0.29, 0.717) is 0 Å². The Bertz CT molecular complexity index is 711. The molecule has 20 heavy (non-hydrogen) atoms. The lowest BCUT2D eigenvalue weighted by atomic mass is 9.75. The third kappa shape index (κ3) is 1.47. The zero-order valence-corrected chi connectivity index (χ0v) is 10.6. The summed E-state index contributed by atoms with van der Waals surface area (Å²) >= 11 is 0. The molecule has 5 nitrogen and oxygen atoms in total. The van der Waals surface area contributed by atoms with Crippen LogP contribution in [-0.2, 0) is 0 Å². The van der Waals surface area contributed by atoms with Crippen molar-refractivity contribution in [3.8, 4) is 5.75 Å². The highest BCUT2D eigenvalue weighted by molar-refractivity contribution is 6.29. The lowest BCUT2D eigenvalue weighted by Gasteiger charge is -2.30. The summed E-state index contributed by atoms with van der Waals surface area (Å²) in [4.78, 5) is 24.8. The highest BCUT2D eigenvalue weighted by Crippen LogP contribution is 2.38. The molecule has 0 aliphatic heterocycles. The van der Waals surface area contributed by atoms with E-state index in [0.717, 1.165) is 0 Å². The van der Waals surface area contributed by atoms with Gasteiger partial charge in [-0.3, -0.25) is 9.59 Å². The van der Waals surface area contributed by atoms with Crippen molar-refractivity contribution in [2.24, 2.45) is 5.92 Å². The minimum Gasteiger partial charge on any atom is -0.512 e. The molecule has 2 atom stereocenters. The summed E-state index contributed by atoms with van der Waals surface area (Å²) in [6.45, 7) is 1.55. The van der Waals surface area contributed by atoms with Gasteiger partial charge >= 0.3 is 0 Å². The van der Waals surface area contributed by atoms with Gasteiger partial charge in [-0.2, -0.15) is 0 Å². The smallest absolute Gasteiger partial charge is 0.196 e. The largest absolute Gasteiger partial charge is 0.512 e. The number of benzene rings is 1. The van der Waals surface area contributed by atoms with Crippen molar-refractivity contribution >= 4 is 11.6 Å². The quantitative estimate of drug-likeness (QED) is 0.665. The molecule has 1 aromatic carbocycles. The normalized spacial score (nSPS) is 25.2. The Morgan fingerprint density at radius 2 is 1.80 bits per heavy atom. The molecule has 0 fully saturated rings. The molecule has 0 radical (unpaired) electrons. The van der Waals surface area contributed by atoms with Crippen LogP contribution in [0.4, 0.5) is 0 Å². The number of Topliss-reactive ketones (excluding diaryl/α,β-unsaturated/α-hetero) is 2. The van der Waals surface area contributed by atoms with Gasteiger partial charge in [0.05, 0.1) is 17.4 Å². The number of aliphatic hydroxyl groups is 2. The molecule has 0 bridgehead atoms. The summed E-state index contributed by atoms with van der Waals surface area (Å²) in [6, 6.07) is 4.23. The number of ketones is 2. The van der Waals surface area contributed by atoms with E-state index in [9.17, 15) is 24.9 Å². The van der Waals surface area contributed by atoms with E-state index in [1.807, 2.05) is 0 Å². The molecule has 102 valence electrons. The monoisotopic (exact) mass is 272 g/mol. The van der Waals surface area contributed by atoms with E-state index >= 15 is 0 Å². The second kappa shape index (κ2) is 4.05. The number of carbonyl (C=O) groups excluding carboxylic acids is 2. The predicted molar refractivity (Wildman–Crippen MR) is 69.7 cm³/mol. The molecule has 0 unspecified atom stereocenters. The molecule has 1 aromatic rings. The van der Waals surface area contributed by atoms with Crippen LogP contribution in [-0.4, -0.2) is 33.0 Å². The average Bonchev–Trinajstić information content (AvgIpc) is 2.41. The second-order valence-electron chi connectivity index (χ2n) is 4.99. The van der Waals surface area contributed by atoms with Crippen LogP contribution in [0.2, 0.25) is 0 Å². The maximum absolute atomic E-state index is 12.4. The van der Waals surface area contributed by atoms with Crippen LogP contribution in [0, 0.1) is 5.92 Å². The average molecular weight is 272 g/mol. The molecule has 0 heterocycles. The summed E-state index contributed by atoms with van der Waals surface area (Å²) in [5.41, 5.74) is -0.0673. The van der Waals surface area contributed by atoms with Gasteiger partial charge in [0, 0.05) is 22.6 Å². The van der Waals surface area contributed by atoms with Gasteiger partial charge in [-0.1, -0.05) is 19.1 Å². The highest BCUT2D eigenvalue weighted by Gasteiger charge is 2.41. The Labute approximate surface area is 114 Å². The van der Waals surface area contributed by atoms with Crippen molar-refractivity contribution in [2.75, 3.05) is 0 Å². The highest BCUT2D eigenvalue weighted by atomic mass is 16.3. The topological polar surface area (TPSA) is 94.8 Å². The number of rotatable bonds is 0. The third-order valence-electron chi connectivity index (χ3n) is 3.82. The number of carbonyl (C=O) groups is 2. The van der Waals surface area contributed by atoms with Gasteiger partial charge in [-0.25, -0.2) is 0 Å². The minimum absolute atomic E-state index is 0.00352. The van der Waals surface area contributed by atoms with E-state index in [1.54, 1.807) is 6.92 Å². The molecule has 3 rings (SSSR count). The maximum atomic E-state index is 12.4. The van der Waals surface area contributed by atoms with Gasteiger partial charge < -0.3 is 15.3 Å². The summed E-state index contributed by atoms with van der Waals surface area (Å²) < 4.78 is 0. The van der Waals surface area contributed by atoms with Crippen LogP contribution in [0.5, 0.6) is 5.75 Å². The van der Waals surface area contributed by atoms with Gasteiger partial charge in [-0.05, 0) is 12.1 Å². The third-order valence-corrected chi connectivity index (χ3v) is 3.82. The zero-order valence-electron chi connectivity index (χ0n) is 10.6. The van der Waals surface area contributed by atoms with Gasteiger partial charge in [-0.15, -0.1) is 0 Å². The first-order valence-corrected chi connectivity index (χ1v) is 6.17. The van der Waals surface area contributed by atoms with Crippen LogP contribution < -0.4 is 0 Å². The van der Waals surface area contributed by atoms with Gasteiger partial charge in [0.15, 0.2) is 11.6 Å². The molecular formula is C15H12O5. The van der Waals surface area contributed by atoms with Crippen molar-refractivity contribution in [1.29, 1.82) is 0 Å². The molecule has 0 saturated heterocycles. The first kappa shape index (κ1) is 12.6. The standard InChI is InChI=1S/C15H12O5/c1-6-10(17)5-8-12(13(6)18)15(20)11-7(14(8)19)3-2-4-9(11)16/h2-6,13,16-18H,1H3/t6-,13+/m0/s1. The van der Waals surface area contributed by atoms with Gasteiger partial charge in [0.1, 0.15) is 5.75 Å². The fourth-order valence-corrected chi connectivity index (χ4v) is 2.62. The van der Waals surface area contributed by atoms with Crippen molar-refractivity contribution in [2.45, 2.75) is 13.0 Å². The van der Waals surface area contributed by atoms with Crippen LogP contribution in [0.25, 0.3) is 0 Å². The number of phenols is 1. The second-order valence-corrected chi connectivity index (χ2v) is 4.99. The Balaban J connectivity index is 2.29. The fourth-order valence-electron chi connectivity index (χ4n) is 2.62. The van der Waals surface area contributed by atoms with E-state index < -0.39 is 23.6 Å². The molecule has 5 heteroatoms. The Morgan fingerprint density at radius 1 is 1.10 bits per heavy atom. The zero-order chi connectivity index (χ0) is 14.6. The molecule has 0 amide bonds. The molecule has 0 aromatic heterocycles. The van der Waals surface area contributed by atoms with E-state index in [-0.39, 0.29) is 33.8 Å². The number of allylic oxidation sites excluding steroid dienone is 2. The van der Waals surface area contributed by atoms with Crippen LogP contribution in [0.1, 0.15) is 27.6 Å². The minimum atomic E-state index is -1.26. The van der Waals surface area contributed by atoms with Gasteiger partial charge in [0.2, 0.25) is 0 Å². The summed E-state index contributed by atoms with van der Waals surface area (Å²) in [7, 11) is 0. The van der Waals surface area contributed by atoms with Crippen LogP contribution in [0.3, 0.4) is 0 Å². The Kier molecular flexibility index (Phi) is 2.55. The van der Waals surface area contributed by atoms with E-state index in [1.165, 1.54) is 24.3 Å².